The van der Waals surface area contributed by atoms with Crippen molar-refractivity contribution in [3.8, 4) is 0 Å². The predicted octanol–water partition coefficient (Wildman–Crippen LogP) is 0.588. The van der Waals surface area contributed by atoms with Crippen molar-refractivity contribution in [2.24, 2.45) is 11.7 Å². The average Bonchev–Trinajstić information content (AvgIpc) is 2.38. The summed E-state index contributed by atoms with van der Waals surface area (Å²) in [5, 5.41) is 0. The van der Waals surface area contributed by atoms with Gasteiger partial charge in [-0.05, 0) is 19.8 Å². The highest BCUT2D eigenvalue weighted by Crippen LogP contribution is 2.08. The van der Waals surface area contributed by atoms with Gasteiger partial charge < -0.3 is 15.2 Å². The van der Waals surface area contributed by atoms with Crippen LogP contribution in [-0.2, 0) is 24.3 Å². The van der Waals surface area contributed by atoms with E-state index < -0.39 is 28.1 Å². The molecule has 2 N–H and O–H groups in total. The van der Waals surface area contributed by atoms with Crippen LogP contribution in [0.2, 0.25) is 0 Å². The number of likely N-dealkylation sites (N-methyl/N-ethyl adjacent to an activating group) is 1. The molecule has 22 heavy (non-hydrogen) atoms. The summed E-state index contributed by atoms with van der Waals surface area (Å²) in [6, 6.07) is -0.697. The fourth-order valence-electron chi connectivity index (χ4n) is 1.79. The van der Waals surface area contributed by atoms with Gasteiger partial charge in [0.2, 0.25) is 10.0 Å². The molecule has 7 nitrogen and oxygen atoms in total. The summed E-state index contributed by atoms with van der Waals surface area (Å²) in [7, 11) is -3.33. The molecule has 0 rings (SSSR count). The fraction of sp³-hybridized carbons (Fsp3) is 0.929. The molecule has 0 unspecified atom stereocenters. The molecular weight excluding hydrogens is 308 g/mol. The zero-order valence-corrected chi connectivity index (χ0v) is 15.2. The van der Waals surface area contributed by atoms with E-state index in [0.717, 1.165) is 6.26 Å². The molecule has 0 aromatic carbocycles. The van der Waals surface area contributed by atoms with E-state index in [1.54, 1.807) is 6.92 Å². The van der Waals surface area contributed by atoms with Gasteiger partial charge in [0, 0.05) is 13.1 Å². The topological polar surface area (TPSA) is 98.9 Å². The van der Waals surface area contributed by atoms with Crippen molar-refractivity contribution in [2.45, 2.75) is 52.9 Å². The van der Waals surface area contributed by atoms with Gasteiger partial charge in [-0.25, -0.2) is 8.42 Å². The maximum atomic E-state index is 11.8. The zero-order chi connectivity index (χ0) is 17.5. The number of rotatable bonds is 10. The van der Waals surface area contributed by atoms with Crippen LogP contribution in [0.5, 0.6) is 0 Å². The summed E-state index contributed by atoms with van der Waals surface area (Å²) >= 11 is 0. The Morgan fingerprint density at radius 2 is 1.77 bits per heavy atom. The summed E-state index contributed by atoms with van der Waals surface area (Å²) in [4.78, 5) is 11.8. The van der Waals surface area contributed by atoms with Crippen LogP contribution in [0, 0.1) is 5.92 Å². The molecule has 0 aromatic heterocycles. The molecule has 0 heterocycles. The van der Waals surface area contributed by atoms with Crippen molar-refractivity contribution in [1.29, 1.82) is 0 Å². The SMILES string of the molecule is CCN(C[C@@H](COC(=O)[C@@H](N)C(C)C)OC(C)C)S(C)(=O)=O. The Morgan fingerprint density at radius 1 is 1.23 bits per heavy atom. The Kier molecular flexibility index (Phi) is 9.14. The van der Waals surface area contributed by atoms with Crippen molar-refractivity contribution >= 4 is 16.0 Å². The number of carbonyl (C=O) groups excluding carboxylic acids is 1. The Balaban J connectivity index is 4.75. The van der Waals surface area contributed by atoms with Gasteiger partial charge in [0.1, 0.15) is 18.8 Å². The monoisotopic (exact) mass is 338 g/mol. The molecule has 0 aliphatic heterocycles. The molecule has 0 spiro atoms. The molecule has 0 saturated carbocycles. The Bertz CT molecular complexity index is 437. The fourth-order valence-corrected chi connectivity index (χ4v) is 2.70. The minimum Gasteiger partial charge on any atom is -0.462 e. The minimum atomic E-state index is -3.33. The average molecular weight is 338 g/mol. The Hall–Kier alpha value is -0.700. The van der Waals surface area contributed by atoms with Crippen LogP contribution in [0.1, 0.15) is 34.6 Å². The van der Waals surface area contributed by atoms with Crippen LogP contribution in [-0.4, -0.2) is 62.9 Å². The number of esters is 1. The number of nitrogens with zero attached hydrogens (tertiary/aromatic N) is 1. The summed E-state index contributed by atoms with van der Waals surface area (Å²) in [6.45, 7) is 9.52. The summed E-state index contributed by atoms with van der Waals surface area (Å²) in [6.07, 6.45) is 0.502. The second-order valence-electron chi connectivity index (χ2n) is 5.92. The predicted molar refractivity (Wildman–Crippen MR) is 85.9 cm³/mol. The minimum absolute atomic E-state index is 0.0244. The van der Waals surface area contributed by atoms with E-state index in [0.29, 0.717) is 6.54 Å². The third kappa shape index (κ3) is 8.07. The van der Waals surface area contributed by atoms with Crippen molar-refractivity contribution in [3.05, 3.63) is 0 Å². The smallest absolute Gasteiger partial charge is 0.323 e. The molecular formula is C14H30N2O5S. The summed E-state index contributed by atoms with van der Waals surface area (Å²) in [5.41, 5.74) is 5.72. The molecule has 8 heteroatoms. The van der Waals surface area contributed by atoms with Crippen LogP contribution >= 0.6 is 0 Å². The summed E-state index contributed by atoms with van der Waals surface area (Å²) in [5.74, 6) is -0.533. The maximum absolute atomic E-state index is 11.8. The van der Waals surface area contributed by atoms with Crippen LogP contribution in [0.15, 0.2) is 0 Å². The second-order valence-corrected chi connectivity index (χ2v) is 7.90. The number of ether oxygens (including phenoxy) is 2. The van der Waals surface area contributed by atoms with E-state index in [1.165, 1.54) is 4.31 Å². The third-order valence-corrected chi connectivity index (χ3v) is 4.44. The van der Waals surface area contributed by atoms with Gasteiger partial charge in [0.05, 0.1) is 12.4 Å². The van der Waals surface area contributed by atoms with Crippen molar-refractivity contribution in [3.63, 3.8) is 0 Å². The van der Waals surface area contributed by atoms with Crippen LogP contribution in [0.3, 0.4) is 0 Å². The molecule has 0 aliphatic carbocycles. The number of sulfonamides is 1. The largest absolute Gasteiger partial charge is 0.462 e. The van der Waals surface area contributed by atoms with Crippen LogP contribution in [0.4, 0.5) is 0 Å². The van der Waals surface area contributed by atoms with Crippen molar-refractivity contribution in [1.82, 2.24) is 4.31 Å². The van der Waals surface area contributed by atoms with Gasteiger partial charge in [-0.3, -0.25) is 4.79 Å². The Morgan fingerprint density at radius 3 is 2.14 bits per heavy atom. The summed E-state index contributed by atoms with van der Waals surface area (Å²) < 4.78 is 35.4. The number of carbonyl (C=O) groups is 1. The van der Waals surface area contributed by atoms with E-state index in [4.69, 9.17) is 15.2 Å². The van der Waals surface area contributed by atoms with Gasteiger partial charge in [0.15, 0.2) is 0 Å². The van der Waals surface area contributed by atoms with E-state index in [1.807, 2.05) is 27.7 Å². The van der Waals surface area contributed by atoms with Crippen LogP contribution < -0.4 is 5.73 Å². The molecule has 132 valence electrons. The van der Waals surface area contributed by atoms with E-state index in [-0.39, 0.29) is 25.2 Å². The van der Waals surface area contributed by atoms with Gasteiger partial charge in [-0.1, -0.05) is 20.8 Å². The first-order valence-electron chi connectivity index (χ1n) is 7.51. The van der Waals surface area contributed by atoms with E-state index in [9.17, 15) is 13.2 Å². The molecule has 0 bridgehead atoms. The normalized spacial score (nSPS) is 15.4. The highest BCUT2D eigenvalue weighted by Gasteiger charge is 2.25. The molecule has 0 amide bonds. The standard InChI is InChI=1S/C14H30N2O5S/c1-7-16(22(6,18)19)8-12(21-11(4)5)9-20-14(17)13(15)10(2)3/h10-13H,7-9,15H2,1-6H3/t12-,13-/m0/s1. The highest BCUT2D eigenvalue weighted by molar-refractivity contribution is 7.88. The first-order valence-corrected chi connectivity index (χ1v) is 9.36. The maximum Gasteiger partial charge on any atom is 0.323 e. The molecule has 0 fully saturated rings. The Labute approximate surface area is 134 Å². The first kappa shape index (κ1) is 21.3. The molecule has 2 atom stereocenters. The second kappa shape index (κ2) is 9.44. The lowest BCUT2D eigenvalue weighted by atomic mass is 10.1. The van der Waals surface area contributed by atoms with E-state index in [2.05, 4.69) is 0 Å². The third-order valence-electron chi connectivity index (χ3n) is 3.10. The van der Waals surface area contributed by atoms with Crippen molar-refractivity contribution in [2.75, 3.05) is 26.0 Å². The lowest BCUT2D eigenvalue weighted by Gasteiger charge is -2.26. The molecule has 0 aliphatic rings. The van der Waals surface area contributed by atoms with Gasteiger partial charge in [-0.2, -0.15) is 4.31 Å². The van der Waals surface area contributed by atoms with Crippen molar-refractivity contribution < 1.29 is 22.7 Å². The lowest BCUT2D eigenvalue weighted by Crippen LogP contribution is -2.43. The number of hydrogen-bond acceptors (Lipinski definition) is 6. The van der Waals surface area contributed by atoms with Crippen LogP contribution in [0.25, 0.3) is 0 Å². The zero-order valence-electron chi connectivity index (χ0n) is 14.4. The highest BCUT2D eigenvalue weighted by atomic mass is 32.2. The van der Waals surface area contributed by atoms with E-state index >= 15 is 0 Å². The quantitative estimate of drug-likeness (QED) is 0.585. The number of nitrogens with two attached hydrogens (primary N) is 1. The molecule has 0 saturated heterocycles. The molecule has 0 radical (unpaired) electrons. The van der Waals surface area contributed by atoms with Gasteiger partial charge in [0.25, 0.3) is 0 Å². The molecule has 0 aromatic rings. The lowest BCUT2D eigenvalue weighted by molar-refractivity contribution is -0.152. The number of hydrogen-bond donors (Lipinski definition) is 1. The van der Waals surface area contributed by atoms with Gasteiger partial charge in [-0.15, -0.1) is 0 Å². The first-order chi connectivity index (χ1) is 9.98. The van der Waals surface area contributed by atoms with Gasteiger partial charge >= 0.3 is 5.97 Å².